The minimum absolute atomic E-state index is 0.414. The average Bonchev–Trinajstić information content (AvgIpc) is 2.27. The van der Waals surface area contributed by atoms with Crippen LogP contribution in [0.4, 0.5) is 5.82 Å². The van der Waals surface area contributed by atoms with Crippen molar-refractivity contribution in [2.75, 3.05) is 18.0 Å². The number of likely N-dealkylation sites (N-methyl/N-ethyl adjacent to an activating group) is 1. The van der Waals surface area contributed by atoms with Crippen LogP contribution in [0, 0.1) is 0 Å². The lowest BCUT2D eigenvalue weighted by Crippen LogP contribution is -2.31. The number of aliphatic carboxylic acids is 1. The van der Waals surface area contributed by atoms with Gasteiger partial charge < -0.3 is 10.0 Å². The Kier molecular flexibility index (Phi) is 2.41. The molecule has 1 N–H and O–H groups in total. The van der Waals surface area contributed by atoms with Crippen LogP contribution in [-0.2, 0) is 4.79 Å². The summed E-state index contributed by atoms with van der Waals surface area (Å²) in [5, 5.41) is 8.96. The highest BCUT2D eigenvalue weighted by Crippen LogP contribution is 2.25. The lowest BCUT2D eigenvalue weighted by atomic mass is 10.1. The van der Waals surface area contributed by atoms with E-state index in [1.807, 2.05) is 24.0 Å². The van der Waals surface area contributed by atoms with Gasteiger partial charge in [-0.3, -0.25) is 0 Å². The molecule has 0 saturated heterocycles. The largest absolute Gasteiger partial charge is 0.478 e. The molecule has 0 bridgehead atoms. The number of anilines is 1. The molecule has 0 radical (unpaired) electrons. The van der Waals surface area contributed by atoms with Crippen molar-refractivity contribution in [2.45, 2.75) is 6.92 Å². The van der Waals surface area contributed by atoms with Crippen LogP contribution in [0.1, 0.15) is 12.5 Å². The normalized spacial score (nSPS) is 14.5. The maximum absolute atomic E-state index is 10.9. The fourth-order valence-corrected chi connectivity index (χ4v) is 1.69. The third-order valence-corrected chi connectivity index (χ3v) is 2.46. The number of aromatic nitrogens is 1. The first-order valence-corrected chi connectivity index (χ1v) is 4.86. The van der Waals surface area contributed by atoms with Gasteiger partial charge in [-0.15, -0.1) is 0 Å². The molecule has 1 aliphatic rings. The van der Waals surface area contributed by atoms with Crippen molar-refractivity contribution in [3.05, 3.63) is 29.5 Å². The third kappa shape index (κ3) is 1.70. The molecule has 0 aromatic carbocycles. The van der Waals surface area contributed by atoms with E-state index in [4.69, 9.17) is 5.11 Å². The molecule has 15 heavy (non-hydrogen) atoms. The van der Waals surface area contributed by atoms with E-state index in [-0.39, 0.29) is 0 Å². The number of pyridine rings is 1. The molecule has 0 unspecified atom stereocenters. The van der Waals surface area contributed by atoms with Gasteiger partial charge in [0.05, 0.1) is 12.1 Å². The van der Waals surface area contributed by atoms with Crippen LogP contribution in [0.2, 0.25) is 0 Å². The first-order chi connectivity index (χ1) is 7.22. The van der Waals surface area contributed by atoms with Crippen molar-refractivity contribution in [3.63, 3.8) is 0 Å². The highest BCUT2D eigenvalue weighted by Gasteiger charge is 2.20. The number of carbonyl (C=O) groups is 1. The Hall–Kier alpha value is -1.84. The smallest absolute Gasteiger partial charge is 0.333 e. The Morgan fingerprint density at radius 1 is 1.67 bits per heavy atom. The summed E-state index contributed by atoms with van der Waals surface area (Å²) in [7, 11) is 0. The van der Waals surface area contributed by atoms with Gasteiger partial charge in [-0.2, -0.15) is 0 Å². The van der Waals surface area contributed by atoms with Crippen LogP contribution in [0.15, 0.2) is 23.9 Å². The number of carboxylic acids is 1. The Bertz CT molecular complexity index is 426. The van der Waals surface area contributed by atoms with E-state index in [1.165, 1.54) is 0 Å². The minimum Gasteiger partial charge on any atom is -0.478 e. The van der Waals surface area contributed by atoms with E-state index in [0.29, 0.717) is 12.1 Å². The Morgan fingerprint density at radius 2 is 2.47 bits per heavy atom. The van der Waals surface area contributed by atoms with Gasteiger partial charge in [0.15, 0.2) is 0 Å². The monoisotopic (exact) mass is 204 g/mol. The number of rotatable bonds is 2. The zero-order valence-electron chi connectivity index (χ0n) is 8.47. The molecule has 2 rings (SSSR count). The SMILES string of the molecule is CCN1CC(C(=O)O)=Cc2cccnc21. The maximum atomic E-state index is 10.9. The lowest BCUT2D eigenvalue weighted by molar-refractivity contribution is -0.132. The summed E-state index contributed by atoms with van der Waals surface area (Å²) in [5.41, 5.74) is 1.29. The average molecular weight is 204 g/mol. The van der Waals surface area contributed by atoms with Gasteiger partial charge in [0.1, 0.15) is 5.82 Å². The highest BCUT2D eigenvalue weighted by molar-refractivity contribution is 5.95. The van der Waals surface area contributed by atoms with Crippen LogP contribution in [0.3, 0.4) is 0 Å². The first-order valence-electron chi connectivity index (χ1n) is 4.86. The van der Waals surface area contributed by atoms with Gasteiger partial charge in [0, 0.05) is 18.3 Å². The van der Waals surface area contributed by atoms with E-state index >= 15 is 0 Å². The summed E-state index contributed by atoms with van der Waals surface area (Å²) in [6, 6.07) is 3.70. The van der Waals surface area contributed by atoms with Crippen LogP contribution in [-0.4, -0.2) is 29.1 Å². The van der Waals surface area contributed by atoms with Crippen molar-refractivity contribution < 1.29 is 9.90 Å². The predicted octanol–water partition coefficient (Wildman–Crippen LogP) is 1.39. The molecule has 1 aliphatic heterocycles. The van der Waals surface area contributed by atoms with E-state index in [9.17, 15) is 4.79 Å². The minimum atomic E-state index is -0.858. The van der Waals surface area contributed by atoms with E-state index in [1.54, 1.807) is 12.3 Å². The fourth-order valence-electron chi connectivity index (χ4n) is 1.69. The second-order valence-electron chi connectivity index (χ2n) is 3.41. The number of carboxylic acid groups (broad SMARTS) is 1. The van der Waals surface area contributed by atoms with E-state index in [0.717, 1.165) is 17.9 Å². The molecular formula is C11H12N2O2. The molecule has 2 heterocycles. The molecule has 0 fully saturated rings. The summed E-state index contributed by atoms with van der Waals surface area (Å²) in [6.45, 7) is 3.17. The summed E-state index contributed by atoms with van der Waals surface area (Å²) in [6.07, 6.45) is 3.41. The molecule has 4 nitrogen and oxygen atoms in total. The molecule has 1 aromatic rings. The Balaban J connectivity index is 2.48. The zero-order valence-corrected chi connectivity index (χ0v) is 8.47. The maximum Gasteiger partial charge on any atom is 0.333 e. The quantitative estimate of drug-likeness (QED) is 0.791. The topological polar surface area (TPSA) is 53.4 Å². The standard InChI is InChI=1S/C11H12N2O2/c1-2-13-7-9(11(14)15)6-8-4-3-5-12-10(8)13/h3-6H,2,7H2,1H3,(H,14,15). The third-order valence-electron chi connectivity index (χ3n) is 2.46. The summed E-state index contributed by atoms with van der Waals surface area (Å²) in [4.78, 5) is 17.1. The molecular weight excluding hydrogens is 192 g/mol. The number of hydrogen-bond acceptors (Lipinski definition) is 3. The van der Waals surface area contributed by atoms with Crippen LogP contribution in [0.5, 0.6) is 0 Å². The predicted molar refractivity (Wildman–Crippen MR) is 57.7 cm³/mol. The molecule has 0 amide bonds. The van der Waals surface area contributed by atoms with Crippen LogP contribution in [0.25, 0.3) is 6.08 Å². The van der Waals surface area contributed by atoms with Gasteiger partial charge >= 0.3 is 5.97 Å². The van der Waals surface area contributed by atoms with E-state index in [2.05, 4.69) is 4.98 Å². The molecule has 0 atom stereocenters. The fraction of sp³-hybridized carbons (Fsp3) is 0.273. The van der Waals surface area contributed by atoms with Crippen molar-refractivity contribution in [1.29, 1.82) is 0 Å². The van der Waals surface area contributed by atoms with Crippen LogP contribution >= 0.6 is 0 Å². The molecule has 4 heteroatoms. The molecule has 0 aliphatic carbocycles. The van der Waals surface area contributed by atoms with Crippen molar-refractivity contribution in [2.24, 2.45) is 0 Å². The zero-order chi connectivity index (χ0) is 10.8. The van der Waals surface area contributed by atoms with Crippen molar-refractivity contribution >= 4 is 17.9 Å². The van der Waals surface area contributed by atoms with Gasteiger partial charge in [-0.05, 0) is 25.1 Å². The number of nitrogens with zero attached hydrogens (tertiary/aromatic N) is 2. The van der Waals surface area contributed by atoms with E-state index < -0.39 is 5.97 Å². The van der Waals surface area contributed by atoms with Crippen molar-refractivity contribution in [3.8, 4) is 0 Å². The Morgan fingerprint density at radius 3 is 3.13 bits per heavy atom. The lowest BCUT2D eigenvalue weighted by Gasteiger charge is -2.27. The number of hydrogen-bond donors (Lipinski definition) is 1. The molecule has 0 spiro atoms. The molecule has 1 aromatic heterocycles. The summed E-state index contributed by atoms with van der Waals surface area (Å²) in [5.74, 6) is 0.00736. The Labute approximate surface area is 87.9 Å². The molecule has 0 saturated carbocycles. The van der Waals surface area contributed by atoms with Gasteiger partial charge in [-0.25, -0.2) is 9.78 Å². The summed E-state index contributed by atoms with van der Waals surface area (Å²) >= 11 is 0. The second kappa shape index (κ2) is 3.73. The highest BCUT2D eigenvalue weighted by atomic mass is 16.4. The van der Waals surface area contributed by atoms with Crippen LogP contribution < -0.4 is 4.90 Å². The van der Waals surface area contributed by atoms with Gasteiger partial charge in [-0.1, -0.05) is 0 Å². The first kappa shape index (κ1) is 9.71. The number of fused-ring (bicyclic) bond motifs is 1. The second-order valence-corrected chi connectivity index (χ2v) is 3.41. The van der Waals surface area contributed by atoms with Gasteiger partial charge in [0.2, 0.25) is 0 Å². The van der Waals surface area contributed by atoms with Crippen molar-refractivity contribution in [1.82, 2.24) is 4.98 Å². The van der Waals surface area contributed by atoms with Gasteiger partial charge in [0.25, 0.3) is 0 Å². The summed E-state index contributed by atoms with van der Waals surface area (Å²) < 4.78 is 0. The molecule has 78 valence electrons.